The van der Waals surface area contributed by atoms with Gasteiger partial charge in [-0.05, 0) is 24.6 Å². The van der Waals surface area contributed by atoms with Crippen molar-refractivity contribution >= 4 is 22.6 Å². The van der Waals surface area contributed by atoms with Crippen molar-refractivity contribution in [2.45, 2.75) is 19.4 Å². The number of benzene rings is 1. The molecule has 0 amide bonds. The molecular formula is C12H13N3S. The highest BCUT2D eigenvalue weighted by molar-refractivity contribution is 8.14. The summed E-state index contributed by atoms with van der Waals surface area (Å²) in [4.78, 5) is 4.46. The summed E-state index contributed by atoms with van der Waals surface area (Å²) in [6.45, 7) is 2.11. The summed E-state index contributed by atoms with van der Waals surface area (Å²) in [5.74, 6) is 1.05. The van der Waals surface area contributed by atoms with Gasteiger partial charge in [0.05, 0.1) is 18.5 Å². The van der Waals surface area contributed by atoms with Crippen LogP contribution >= 0.6 is 11.8 Å². The zero-order valence-corrected chi connectivity index (χ0v) is 9.92. The molecule has 0 aliphatic carbocycles. The molecule has 0 radical (unpaired) electrons. The van der Waals surface area contributed by atoms with Crippen LogP contribution in [0.4, 0.5) is 5.69 Å². The van der Waals surface area contributed by atoms with Gasteiger partial charge in [0, 0.05) is 11.4 Å². The van der Waals surface area contributed by atoms with Crippen molar-refractivity contribution in [3.63, 3.8) is 0 Å². The van der Waals surface area contributed by atoms with Crippen molar-refractivity contribution in [2.24, 2.45) is 4.99 Å². The largest absolute Gasteiger partial charge is 0.335 e. The summed E-state index contributed by atoms with van der Waals surface area (Å²) in [6.07, 6.45) is 0.465. The van der Waals surface area contributed by atoms with E-state index in [-0.39, 0.29) is 0 Å². The fourth-order valence-corrected chi connectivity index (χ4v) is 2.38. The molecule has 1 N–H and O–H groups in total. The minimum absolute atomic E-state index is 0.408. The lowest BCUT2D eigenvalue weighted by molar-refractivity contribution is 0.865. The Hall–Kier alpha value is -1.47. The highest BCUT2D eigenvalue weighted by atomic mass is 32.2. The third-order valence-corrected chi connectivity index (χ3v) is 3.42. The highest BCUT2D eigenvalue weighted by Crippen LogP contribution is 2.20. The van der Waals surface area contributed by atoms with Crippen molar-refractivity contribution < 1.29 is 0 Å². The molecule has 1 aliphatic rings. The predicted octanol–water partition coefficient (Wildman–Crippen LogP) is 2.66. The van der Waals surface area contributed by atoms with Crippen LogP contribution < -0.4 is 5.32 Å². The fourth-order valence-electron chi connectivity index (χ4n) is 1.46. The maximum atomic E-state index is 8.56. The van der Waals surface area contributed by atoms with Crippen LogP contribution in [0.1, 0.15) is 12.5 Å². The lowest BCUT2D eigenvalue weighted by atomic mass is 10.1. The van der Waals surface area contributed by atoms with E-state index in [1.807, 2.05) is 24.3 Å². The zero-order valence-electron chi connectivity index (χ0n) is 9.10. The second-order valence-corrected chi connectivity index (χ2v) is 4.76. The first kappa shape index (κ1) is 11.0. The van der Waals surface area contributed by atoms with Crippen LogP contribution in [0.3, 0.4) is 0 Å². The van der Waals surface area contributed by atoms with Crippen LogP contribution in [0.5, 0.6) is 0 Å². The Balaban J connectivity index is 2.00. The number of aliphatic imine (C=N–C) groups is 1. The van der Waals surface area contributed by atoms with Crippen molar-refractivity contribution in [3.8, 4) is 6.07 Å². The van der Waals surface area contributed by atoms with Crippen LogP contribution in [0.25, 0.3) is 0 Å². The average molecular weight is 231 g/mol. The quantitative estimate of drug-likeness (QED) is 0.851. The summed E-state index contributed by atoms with van der Waals surface area (Å²) >= 11 is 1.75. The van der Waals surface area contributed by atoms with Gasteiger partial charge in [0.15, 0.2) is 5.17 Å². The van der Waals surface area contributed by atoms with Crippen LogP contribution in [-0.2, 0) is 6.42 Å². The zero-order chi connectivity index (χ0) is 11.4. The minimum atomic E-state index is 0.408. The summed E-state index contributed by atoms with van der Waals surface area (Å²) < 4.78 is 0. The lowest BCUT2D eigenvalue weighted by Crippen LogP contribution is -2.04. The van der Waals surface area contributed by atoms with E-state index in [1.54, 1.807) is 11.8 Å². The first-order chi connectivity index (χ1) is 7.78. The molecule has 3 nitrogen and oxygen atoms in total. The number of hydrogen-bond acceptors (Lipinski definition) is 4. The Kier molecular flexibility index (Phi) is 3.47. The van der Waals surface area contributed by atoms with Gasteiger partial charge in [-0.2, -0.15) is 5.26 Å². The topological polar surface area (TPSA) is 48.2 Å². The standard InChI is InChI=1S/C12H13N3S/c1-9-8-16-12(14-9)15-11-4-2-10(3-5-11)6-7-13/h2-5,9H,6,8H2,1H3,(H,14,15). The second-order valence-electron chi connectivity index (χ2n) is 3.75. The summed E-state index contributed by atoms with van der Waals surface area (Å²) in [5.41, 5.74) is 2.07. The molecule has 0 saturated carbocycles. The predicted molar refractivity (Wildman–Crippen MR) is 68.7 cm³/mol. The van der Waals surface area contributed by atoms with Crippen LogP contribution in [0.15, 0.2) is 29.3 Å². The van der Waals surface area contributed by atoms with E-state index in [0.29, 0.717) is 12.5 Å². The van der Waals surface area contributed by atoms with Gasteiger partial charge in [-0.1, -0.05) is 23.9 Å². The molecule has 1 aromatic rings. The van der Waals surface area contributed by atoms with E-state index in [9.17, 15) is 0 Å². The van der Waals surface area contributed by atoms with E-state index in [0.717, 1.165) is 22.2 Å². The number of amidine groups is 1. The fraction of sp³-hybridized carbons (Fsp3) is 0.333. The molecule has 1 atom stereocenters. The average Bonchev–Trinajstić information content (AvgIpc) is 2.67. The van der Waals surface area contributed by atoms with E-state index in [4.69, 9.17) is 5.26 Å². The van der Waals surface area contributed by atoms with Gasteiger partial charge in [0.25, 0.3) is 0 Å². The van der Waals surface area contributed by atoms with Crippen LogP contribution in [-0.4, -0.2) is 17.0 Å². The SMILES string of the molecule is CC1CSC(Nc2ccc(CC#N)cc2)=N1. The van der Waals surface area contributed by atoms with Crippen LogP contribution in [0, 0.1) is 11.3 Å². The van der Waals surface area contributed by atoms with Gasteiger partial charge in [-0.25, -0.2) is 0 Å². The van der Waals surface area contributed by atoms with Crippen molar-refractivity contribution in [3.05, 3.63) is 29.8 Å². The number of nitrogens with one attached hydrogen (secondary N) is 1. The Morgan fingerprint density at radius 2 is 2.25 bits per heavy atom. The van der Waals surface area contributed by atoms with Gasteiger partial charge < -0.3 is 5.32 Å². The molecule has 0 fully saturated rings. The van der Waals surface area contributed by atoms with Gasteiger partial charge in [0.1, 0.15) is 0 Å². The van der Waals surface area contributed by atoms with Gasteiger partial charge in [0.2, 0.25) is 0 Å². The molecule has 1 aliphatic heterocycles. The smallest absolute Gasteiger partial charge is 0.161 e. The normalized spacial score (nSPS) is 19.0. The number of rotatable bonds is 2. The summed E-state index contributed by atoms with van der Waals surface area (Å²) in [7, 11) is 0. The number of thioether (sulfide) groups is 1. The van der Waals surface area contributed by atoms with Gasteiger partial charge in [-0.3, -0.25) is 4.99 Å². The van der Waals surface area contributed by atoms with E-state index in [2.05, 4.69) is 23.3 Å². The van der Waals surface area contributed by atoms with Crippen LogP contribution in [0.2, 0.25) is 0 Å². The summed E-state index contributed by atoms with van der Waals surface area (Å²) in [6, 6.07) is 10.4. The molecule has 0 spiro atoms. The molecule has 1 heterocycles. The Labute approximate surface area is 99.6 Å². The lowest BCUT2D eigenvalue weighted by Gasteiger charge is -2.05. The third-order valence-electron chi connectivity index (χ3n) is 2.29. The number of nitrogens with zero attached hydrogens (tertiary/aromatic N) is 2. The molecule has 0 saturated heterocycles. The Bertz CT molecular complexity index is 431. The monoisotopic (exact) mass is 231 g/mol. The minimum Gasteiger partial charge on any atom is -0.335 e. The molecule has 0 aromatic heterocycles. The van der Waals surface area contributed by atoms with Crippen molar-refractivity contribution in [1.29, 1.82) is 5.26 Å². The van der Waals surface area contributed by atoms with E-state index in [1.165, 1.54) is 0 Å². The number of anilines is 1. The summed E-state index contributed by atoms with van der Waals surface area (Å²) in [5, 5.41) is 12.8. The first-order valence-corrected chi connectivity index (χ1v) is 6.20. The Morgan fingerprint density at radius 1 is 1.50 bits per heavy atom. The molecule has 1 unspecified atom stereocenters. The molecule has 4 heteroatoms. The molecule has 1 aromatic carbocycles. The molecular weight excluding hydrogens is 218 g/mol. The maximum Gasteiger partial charge on any atom is 0.161 e. The van der Waals surface area contributed by atoms with E-state index >= 15 is 0 Å². The van der Waals surface area contributed by atoms with Gasteiger partial charge in [-0.15, -0.1) is 0 Å². The van der Waals surface area contributed by atoms with Gasteiger partial charge >= 0.3 is 0 Å². The first-order valence-electron chi connectivity index (χ1n) is 5.21. The Morgan fingerprint density at radius 3 is 2.81 bits per heavy atom. The van der Waals surface area contributed by atoms with Crippen molar-refractivity contribution in [2.75, 3.05) is 11.1 Å². The third kappa shape index (κ3) is 2.77. The molecule has 16 heavy (non-hydrogen) atoms. The molecule has 2 rings (SSSR count). The number of nitriles is 1. The van der Waals surface area contributed by atoms with E-state index < -0.39 is 0 Å². The highest BCUT2D eigenvalue weighted by Gasteiger charge is 2.13. The second kappa shape index (κ2) is 5.04. The molecule has 0 bridgehead atoms. The van der Waals surface area contributed by atoms with Crippen molar-refractivity contribution in [1.82, 2.24) is 0 Å². The number of hydrogen-bond donors (Lipinski definition) is 1. The molecule has 82 valence electrons. The maximum absolute atomic E-state index is 8.56.